The van der Waals surface area contributed by atoms with E-state index in [4.69, 9.17) is 21.4 Å². The number of hydrogen-bond donors (Lipinski definition) is 3. The van der Waals surface area contributed by atoms with Crippen molar-refractivity contribution < 1.29 is 19.7 Å². The zero-order valence-electron chi connectivity index (χ0n) is 22.7. The molecule has 8 heteroatoms. The van der Waals surface area contributed by atoms with E-state index in [1.807, 2.05) is 62.5 Å². The topological polar surface area (TPSA) is 85.3 Å². The smallest absolute Gasteiger partial charge is 0.329 e. The van der Waals surface area contributed by atoms with Crippen molar-refractivity contribution in [1.29, 1.82) is 0 Å². The Morgan fingerprint density at radius 3 is 1.97 bits per heavy atom. The molecule has 0 aromatic heterocycles. The number of carboxylic acids is 1. The Hall–Kier alpha value is -2.78. The van der Waals surface area contributed by atoms with Crippen molar-refractivity contribution in [2.24, 2.45) is 0 Å². The minimum Gasteiger partial charge on any atom is -0.480 e. The number of hydrogen-bond acceptors (Lipinski definition) is 6. The van der Waals surface area contributed by atoms with Crippen molar-refractivity contribution >= 4 is 17.6 Å². The largest absolute Gasteiger partial charge is 0.480 e. The monoisotopic (exact) mass is 553 g/mol. The lowest BCUT2D eigenvalue weighted by atomic mass is 9.96. The van der Waals surface area contributed by atoms with E-state index in [2.05, 4.69) is 51.5 Å². The molecular formula is C31H40ClN3O4. The van der Waals surface area contributed by atoms with Gasteiger partial charge in [-0.1, -0.05) is 84.4 Å². The molecule has 1 heterocycles. The van der Waals surface area contributed by atoms with Crippen molar-refractivity contribution in [3.63, 3.8) is 0 Å². The summed E-state index contributed by atoms with van der Waals surface area (Å²) in [7, 11) is 1.84. The van der Waals surface area contributed by atoms with Crippen molar-refractivity contribution in [3.8, 4) is 0 Å². The van der Waals surface area contributed by atoms with E-state index in [1.54, 1.807) is 0 Å². The highest BCUT2D eigenvalue weighted by atomic mass is 35.5. The molecule has 0 bridgehead atoms. The van der Waals surface area contributed by atoms with Crippen LogP contribution in [0.2, 0.25) is 5.02 Å². The van der Waals surface area contributed by atoms with Gasteiger partial charge in [-0.15, -0.1) is 0 Å². The molecule has 0 amide bonds. The van der Waals surface area contributed by atoms with Crippen molar-refractivity contribution in [3.05, 3.63) is 107 Å². The predicted octanol–water partition coefficient (Wildman–Crippen LogP) is 4.48. The molecule has 3 atom stereocenters. The SMILES string of the molecule is CN[C@@H](C)[C@@H](O)c1ccccc1.O=C(O)COCCN1CCN(C(c2ccccc2)c2ccc(Cl)cc2)CC1. The van der Waals surface area contributed by atoms with Gasteiger partial charge in [0.05, 0.1) is 18.8 Å². The summed E-state index contributed by atoms with van der Waals surface area (Å²) in [5, 5.41) is 22.1. The van der Waals surface area contributed by atoms with Gasteiger partial charge in [0.1, 0.15) is 6.61 Å². The van der Waals surface area contributed by atoms with Crippen LogP contribution in [0.5, 0.6) is 0 Å². The van der Waals surface area contributed by atoms with Crippen molar-refractivity contribution in [2.45, 2.75) is 25.1 Å². The fourth-order valence-electron chi connectivity index (χ4n) is 4.59. The quantitative estimate of drug-likeness (QED) is 0.302. The van der Waals surface area contributed by atoms with Crippen LogP contribution in [-0.4, -0.2) is 85.0 Å². The van der Waals surface area contributed by atoms with E-state index in [0.29, 0.717) is 6.61 Å². The van der Waals surface area contributed by atoms with Gasteiger partial charge < -0.3 is 20.3 Å². The summed E-state index contributed by atoms with van der Waals surface area (Å²) in [6.07, 6.45) is -0.420. The Morgan fingerprint density at radius 1 is 0.897 bits per heavy atom. The van der Waals surface area contributed by atoms with Crippen LogP contribution >= 0.6 is 11.6 Å². The maximum atomic E-state index is 10.5. The third kappa shape index (κ3) is 10.0. The molecule has 0 saturated carbocycles. The van der Waals surface area contributed by atoms with Crippen molar-refractivity contribution in [2.75, 3.05) is 53.0 Å². The molecule has 7 nitrogen and oxygen atoms in total. The summed E-state index contributed by atoms with van der Waals surface area (Å²) in [4.78, 5) is 15.3. The number of nitrogens with zero attached hydrogens (tertiary/aromatic N) is 2. The molecule has 0 aliphatic carbocycles. The Kier molecular flexibility index (Phi) is 12.9. The van der Waals surface area contributed by atoms with Gasteiger partial charge in [-0.25, -0.2) is 4.79 Å². The summed E-state index contributed by atoms with van der Waals surface area (Å²) in [6, 6.07) is 28.6. The molecule has 3 aromatic rings. The second kappa shape index (κ2) is 16.4. The number of piperazine rings is 1. The third-order valence-electron chi connectivity index (χ3n) is 6.92. The summed E-state index contributed by atoms with van der Waals surface area (Å²) in [5.74, 6) is -0.923. The van der Waals surface area contributed by atoms with Gasteiger partial charge in [-0.3, -0.25) is 9.80 Å². The van der Waals surface area contributed by atoms with Gasteiger partial charge >= 0.3 is 5.97 Å². The molecular weight excluding hydrogens is 514 g/mol. The van der Waals surface area contributed by atoms with Crippen LogP contribution < -0.4 is 5.32 Å². The number of likely N-dealkylation sites (N-methyl/N-ethyl adjacent to an activating group) is 1. The number of rotatable bonds is 11. The number of halogens is 1. The average molecular weight is 554 g/mol. The first-order valence-corrected chi connectivity index (χ1v) is 13.7. The van der Waals surface area contributed by atoms with E-state index >= 15 is 0 Å². The molecule has 39 heavy (non-hydrogen) atoms. The normalized spacial score (nSPS) is 16.5. The van der Waals surface area contributed by atoms with Gasteiger partial charge in [-0.2, -0.15) is 0 Å². The lowest BCUT2D eigenvalue weighted by Gasteiger charge is -2.39. The first kappa shape index (κ1) is 30.8. The van der Waals surface area contributed by atoms with Gasteiger partial charge in [0.2, 0.25) is 0 Å². The number of nitrogens with one attached hydrogen (secondary N) is 1. The van der Waals surface area contributed by atoms with Crippen LogP contribution in [0.1, 0.15) is 35.8 Å². The molecule has 4 rings (SSSR count). The summed E-state index contributed by atoms with van der Waals surface area (Å²) in [5.41, 5.74) is 3.47. The second-order valence-corrected chi connectivity index (χ2v) is 10.1. The van der Waals surface area contributed by atoms with Crippen molar-refractivity contribution in [1.82, 2.24) is 15.1 Å². The van der Waals surface area contributed by atoms with Gasteiger partial charge in [-0.05, 0) is 42.8 Å². The van der Waals surface area contributed by atoms with Crippen LogP contribution in [-0.2, 0) is 9.53 Å². The summed E-state index contributed by atoms with van der Waals surface area (Å²) >= 11 is 6.08. The minimum absolute atomic E-state index is 0.0902. The van der Waals surface area contributed by atoms with Crippen LogP contribution in [0.15, 0.2) is 84.9 Å². The molecule has 1 unspecified atom stereocenters. The standard InChI is InChI=1S/C21H25ClN2O3.C10H15NO/c22-19-8-6-18(7-9-19)21(17-4-2-1-3-5-17)24-12-10-23(11-13-24)14-15-27-16-20(25)26;1-8(11-2)10(12)9-6-4-3-5-7-9/h1-9,21H,10-16H2,(H,25,26);3-8,10-12H,1-2H3/t;8-,10+/m.0/s1. The van der Waals surface area contributed by atoms with E-state index in [1.165, 1.54) is 11.1 Å². The van der Waals surface area contributed by atoms with Gasteiger partial charge in [0, 0.05) is 43.8 Å². The minimum atomic E-state index is -0.923. The van der Waals surface area contributed by atoms with E-state index in [0.717, 1.165) is 43.3 Å². The fraction of sp³-hybridized carbons (Fsp3) is 0.387. The third-order valence-corrected chi connectivity index (χ3v) is 7.17. The maximum Gasteiger partial charge on any atom is 0.329 e. The molecule has 0 spiro atoms. The fourth-order valence-corrected chi connectivity index (χ4v) is 4.72. The molecule has 1 aliphatic heterocycles. The Balaban J connectivity index is 0.000000293. The second-order valence-electron chi connectivity index (χ2n) is 9.62. The first-order valence-electron chi connectivity index (χ1n) is 13.4. The highest BCUT2D eigenvalue weighted by Crippen LogP contribution is 2.30. The number of aliphatic carboxylic acids is 1. The number of ether oxygens (including phenoxy) is 1. The van der Waals surface area contributed by atoms with Crippen LogP contribution in [0.4, 0.5) is 0 Å². The molecule has 1 saturated heterocycles. The van der Waals surface area contributed by atoms with Gasteiger partial charge in [0.25, 0.3) is 0 Å². The number of carbonyl (C=O) groups is 1. The Bertz CT molecular complexity index is 1090. The molecule has 1 fully saturated rings. The zero-order chi connectivity index (χ0) is 28.0. The number of benzene rings is 3. The van der Waals surface area contributed by atoms with Gasteiger partial charge in [0.15, 0.2) is 0 Å². The van der Waals surface area contributed by atoms with E-state index < -0.39 is 12.1 Å². The number of aliphatic hydroxyl groups is 1. The first-order chi connectivity index (χ1) is 18.9. The van der Waals surface area contributed by atoms with Crippen LogP contribution in [0.25, 0.3) is 0 Å². The van der Waals surface area contributed by atoms with Crippen LogP contribution in [0, 0.1) is 0 Å². The molecule has 0 radical (unpaired) electrons. The Morgan fingerprint density at radius 2 is 1.44 bits per heavy atom. The van der Waals surface area contributed by atoms with E-state index in [9.17, 15) is 9.90 Å². The Labute approximate surface area is 237 Å². The molecule has 210 valence electrons. The van der Waals surface area contributed by atoms with Crippen LogP contribution in [0.3, 0.4) is 0 Å². The molecule has 3 aromatic carbocycles. The number of carboxylic acid groups (broad SMARTS) is 1. The maximum absolute atomic E-state index is 10.5. The number of aliphatic hydroxyl groups excluding tert-OH is 1. The molecule has 3 N–H and O–H groups in total. The highest BCUT2D eigenvalue weighted by molar-refractivity contribution is 6.30. The summed E-state index contributed by atoms with van der Waals surface area (Å²) < 4.78 is 5.15. The molecule has 1 aliphatic rings. The lowest BCUT2D eigenvalue weighted by Crippen LogP contribution is -2.48. The highest BCUT2D eigenvalue weighted by Gasteiger charge is 2.26. The average Bonchev–Trinajstić information content (AvgIpc) is 2.97. The van der Waals surface area contributed by atoms with E-state index in [-0.39, 0.29) is 18.7 Å². The summed E-state index contributed by atoms with van der Waals surface area (Å²) in [6.45, 7) is 6.71. The zero-order valence-corrected chi connectivity index (χ0v) is 23.5. The predicted molar refractivity (Wildman–Crippen MR) is 156 cm³/mol. The lowest BCUT2D eigenvalue weighted by molar-refractivity contribution is -0.142.